The van der Waals surface area contributed by atoms with E-state index in [1.165, 1.54) is 0 Å². The van der Waals surface area contributed by atoms with Crippen molar-refractivity contribution >= 4 is 5.84 Å². The van der Waals surface area contributed by atoms with Crippen molar-refractivity contribution in [1.82, 2.24) is 5.32 Å². The summed E-state index contributed by atoms with van der Waals surface area (Å²) in [5.74, 6) is 0.424. The van der Waals surface area contributed by atoms with E-state index in [0.29, 0.717) is 5.84 Å². The van der Waals surface area contributed by atoms with Crippen LogP contribution < -0.4 is 11.1 Å². The molecule has 0 spiro atoms. The molecule has 1 aliphatic heterocycles. The Morgan fingerprint density at radius 2 is 2.50 bits per heavy atom. The van der Waals surface area contributed by atoms with Crippen molar-refractivity contribution in [2.45, 2.75) is 18.9 Å². The molecule has 1 heterocycles. The molecule has 0 radical (unpaired) electrons. The molecule has 10 heavy (non-hydrogen) atoms. The van der Waals surface area contributed by atoms with Crippen molar-refractivity contribution in [2.24, 2.45) is 16.1 Å². The molecule has 0 aromatic rings. The monoisotopic (exact) mass is 141 g/mol. The molecule has 4 N–H and O–H groups in total. The van der Waals surface area contributed by atoms with Crippen LogP contribution in [0.25, 0.3) is 0 Å². The van der Waals surface area contributed by atoms with Crippen LogP contribution in [0.15, 0.2) is 10.3 Å². The fourth-order valence-corrected chi connectivity index (χ4v) is 1.06. The zero-order valence-electron chi connectivity index (χ0n) is 5.67. The Morgan fingerprint density at radius 1 is 1.70 bits per heavy atom. The van der Waals surface area contributed by atoms with Crippen LogP contribution in [-0.2, 0) is 0 Å². The lowest BCUT2D eigenvalue weighted by Gasteiger charge is -2.05. The van der Waals surface area contributed by atoms with Crippen LogP contribution in [0.1, 0.15) is 12.8 Å². The van der Waals surface area contributed by atoms with Gasteiger partial charge >= 0.3 is 0 Å². The summed E-state index contributed by atoms with van der Waals surface area (Å²) in [4.78, 5) is 0. The first-order valence-electron chi connectivity index (χ1n) is 3.28. The van der Waals surface area contributed by atoms with Gasteiger partial charge in [0.05, 0.1) is 6.04 Å². The van der Waals surface area contributed by atoms with E-state index in [1.807, 2.05) is 0 Å². The molecular formula is C5H11N5. The fourth-order valence-electron chi connectivity index (χ4n) is 1.06. The van der Waals surface area contributed by atoms with Crippen molar-refractivity contribution < 1.29 is 0 Å². The van der Waals surface area contributed by atoms with Gasteiger partial charge in [0.25, 0.3) is 0 Å². The van der Waals surface area contributed by atoms with E-state index < -0.39 is 0 Å². The third-order valence-corrected chi connectivity index (χ3v) is 1.58. The summed E-state index contributed by atoms with van der Waals surface area (Å²) in [7, 11) is 0. The van der Waals surface area contributed by atoms with Crippen LogP contribution in [0.4, 0.5) is 0 Å². The number of nitrogens with one attached hydrogen (secondary N) is 2. The number of nitrogens with zero attached hydrogens (tertiary/aromatic N) is 2. The molecule has 0 aromatic carbocycles. The van der Waals surface area contributed by atoms with Crippen LogP contribution in [0, 0.1) is 5.53 Å². The second-order valence-electron chi connectivity index (χ2n) is 2.27. The van der Waals surface area contributed by atoms with Crippen LogP contribution in [0.3, 0.4) is 0 Å². The van der Waals surface area contributed by atoms with Gasteiger partial charge in [-0.15, -0.1) is 5.10 Å². The smallest absolute Gasteiger partial charge is 0.141 e. The third-order valence-electron chi connectivity index (χ3n) is 1.58. The molecule has 1 fully saturated rings. The predicted octanol–water partition coefficient (Wildman–Crippen LogP) is 0.0416. The van der Waals surface area contributed by atoms with E-state index in [0.717, 1.165) is 19.4 Å². The van der Waals surface area contributed by atoms with Gasteiger partial charge in [0.2, 0.25) is 0 Å². The Labute approximate surface area is 59.2 Å². The lowest BCUT2D eigenvalue weighted by atomic mass is 10.2. The number of nitrogens with two attached hydrogens (primary N) is 1. The maximum atomic E-state index is 6.43. The first-order chi connectivity index (χ1) is 4.84. The van der Waals surface area contributed by atoms with E-state index in [9.17, 15) is 0 Å². The summed E-state index contributed by atoms with van der Waals surface area (Å²) >= 11 is 0. The van der Waals surface area contributed by atoms with E-state index in [-0.39, 0.29) is 6.04 Å². The Balaban J connectivity index is 2.46. The minimum absolute atomic E-state index is 0.147. The number of rotatable bonds is 2. The summed E-state index contributed by atoms with van der Waals surface area (Å²) in [5, 5.41) is 9.43. The molecule has 1 unspecified atom stereocenters. The molecule has 1 aliphatic rings. The summed E-state index contributed by atoms with van der Waals surface area (Å²) in [6.45, 7) is 0.985. The molecular weight excluding hydrogens is 130 g/mol. The van der Waals surface area contributed by atoms with Gasteiger partial charge in [-0.2, -0.15) is 5.53 Å². The van der Waals surface area contributed by atoms with Gasteiger partial charge in [-0.25, -0.2) is 0 Å². The summed E-state index contributed by atoms with van der Waals surface area (Å²) in [6, 6.07) is 0.147. The standard InChI is InChI=1S/C5H11N5/c6-5(9-10-7)4-2-1-3-8-4/h4,8H,1-3H2,(H3,6,7,9). The van der Waals surface area contributed by atoms with Crippen molar-refractivity contribution in [3.8, 4) is 0 Å². The normalized spacial score (nSPS) is 26.8. The molecule has 0 aromatic heterocycles. The minimum atomic E-state index is 0.147. The van der Waals surface area contributed by atoms with Crippen LogP contribution >= 0.6 is 0 Å². The molecule has 5 nitrogen and oxygen atoms in total. The van der Waals surface area contributed by atoms with Crippen LogP contribution in [-0.4, -0.2) is 18.4 Å². The van der Waals surface area contributed by atoms with E-state index in [4.69, 9.17) is 11.3 Å². The van der Waals surface area contributed by atoms with Crippen molar-refractivity contribution in [1.29, 1.82) is 5.53 Å². The summed E-state index contributed by atoms with van der Waals surface area (Å²) < 4.78 is 0. The van der Waals surface area contributed by atoms with Gasteiger partial charge in [-0.3, -0.25) is 0 Å². The maximum absolute atomic E-state index is 6.43. The van der Waals surface area contributed by atoms with Gasteiger partial charge in [0.15, 0.2) is 0 Å². The van der Waals surface area contributed by atoms with Gasteiger partial charge in [-0.05, 0) is 19.4 Å². The zero-order chi connectivity index (χ0) is 7.40. The maximum Gasteiger partial charge on any atom is 0.141 e. The van der Waals surface area contributed by atoms with Gasteiger partial charge in [0.1, 0.15) is 5.84 Å². The van der Waals surface area contributed by atoms with E-state index >= 15 is 0 Å². The Bertz CT molecular complexity index is 146. The SMILES string of the molecule is N=NN=C(N)C1CCCN1. The van der Waals surface area contributed by atoms with Crippen LogP contribution in [0.2, 0.25) is 0 Å². The Hall–Kier alpha value is -0.970. The number of hydrogen-bond acceptors (Lipinski definition) is 3. The number of hydrogen-bond donors (Lipinski definition) is 3. The average Bonchev–Trinajstić information content (AvgIpc) is 2.38. The molecule has 0 saturated carbocycles. The molecule has 5 heteroatoms. The average molecular weight is 141 g/mol. The summed E-state index contributed by atoms with van der Waals surface area (Å²) in [6.07, 6.45) is 2.13. The number of amidine groups is 1. The van der Waals surface area contributed by atoms with Crippen molar-refractivity contribution in [2.75, 3.05) is 6.54 Å². The lowest BCUT2D eigenvalue weighted by molar-refractivity contribution is 0.748. The molecule has 1 saturated heterocycles. The first kappa shape index (κ1) is 7.14. The lowest BCUT2D eigenvalue weighted by Crippen LogP contribution is -2.36. The van der Waals surface area contributed by atoms with Crippen molar-refractivity contribution in [3.63, 3.8) is 0 Å². The van der Waals surface area contributed by atoms with Crippen LogP contribution in [0.5, 0.6) is 0 Å². The highest BCUT2D eigenvalue weighted by atomic mass is 15.3. The molecule has 1 rings (SSSR count). The highest BCUT2D eigenvalue weighted by molar-refractivity contribution is 5.85. The topological polar surface area (TPSA) is 86.6 Å². The van der Waals surface area contributed by atoms with Gasteiger partial charge in [0, 0.05) is 0 Å². The zero-order valence-corrected chi connectivity index (χ0v) is 5.67. The molecule has 0 amide bonds. The summed E-state index contributed by atoms with van der Waals surface area (Å²) in [5.41, 5.74) is 11.9. The second kappa shape index (κ2) is 3.26. The fraction of sp³-hybridized carbons (Fsp3) is 0.800. The Morgan fingerprint density at radius 3 is 3.00 bits per heavy atom. The van der Waals surface area contributed by atoms with Gasteiger partial charge < -0.3 is 11.1 Å². The first-order valence-corrected chi connectivity index (χ1v) is 3.28. The van der Waals surface area contributed by atoms with E-state index in [1.54, 1.807) is 0 Å². The highest BCUT2D eigenvalue weighted by Gasteiger charge is 2.17. The van der Waals surface area contributed by atoms with Crippen molar-refractivity contribution in [3.05, 3.63) is 0 Å². The van der Waals surface area contributed by atoms with E-state index in [2.05, 4.69) is 15.6 Å². The molecule has 0 bridgehead atoms. The quantitative estimate of drug-likeness (QED) is 0.219. The second-order valence-corrected chi connectivity index (χ2v) is 2.27. The molecule has 56 valence electrons. The highest BCUT2D eigenvalue weighted by Crippen LogP contribution is 2.04. The predicted molar refractivity (Wildman–Crippen MR) is 37.8 cm³/mol. The largest absolute Gasteiger partial charge is 0.384 e. The molecule has 0 aliphatic carbocycles. The Kier molecular flexibility index (Phi) is 2.33. The molecule has 1 atom stereocenters. The third kappa shape index (κ3) is 1.51. The van der Waals surface area contributed by atoms with Gasteiger partial charge in [-0.1, -0.05) is 5.22 Å². The minimum Gasteiger partial charge on any atom is -0.384 e.